The van der Waals surface area contributed by atoms with E-state index >= 15 is 0 Å². The molecule has 2 rings (SSSR count). The summed E-state index contributed by atoms with van der Waals surface area (Å²) in [5.41, 5.74) is 1.67. The van der Waals surface area contributed by atoms with Crippen LogP contribution in [0.5, 0.6) is 0 Å². The summed E-state index contributed by atoms with van der Waals surface area (Å²) in [6.45, 7) is 5.07. The van der Waals surface area contributed by atoms with E-state index in [0.717, 1.165) is 37.1 Å². The smallest absolute Gasteiger partial charge is 0.337 e. The van der Waals surface area contributed by atoms with Gasteiger partial charge in [-0.05, 0) is 30.9 Å². The number of para-hydroxylation sites is 1. The number of benzene rings is 1. The van der Waals surface area contributed by atoms with E-state index in [0.29, 0.717) is 11.4 Å². The van der Waals surface area contributed by atoms with Crippen molar-refractivity contribution in [3.05, 3.63) is 29.6 Å². The lowest BCUT2D eigenvalue weighted by Gasteiger charge is -2.14. The summed E-state index contributed by atoms with van der Waals surface area (Å²) < 4.78 is 2.10. The van der Waals surface area contributed by atoms with Gasteiger partial charge in [0.05, 0.1) is 11.1 Å². The third-order valence-corrected chi connectivity index (χ3v) is 3.68. The lowest BCUT2D eigenvalue weighted by atomic mass is 10.1. The lowest BCUT2D eigenvalue weighted by Crippen LogP contribution is -2.12. The summed E-state index contributed by atoms with van der Waals surface area (Å²) >= 11 is 0. The second-order valence-corrected chi connectivity index (χ2v) is 5.48. The van der Waals surface area contributed by atoms with Gasteiger partial charge in [-0.15, -0.1) is 0 Å². The first kappa shape index (κ1) is 15.5. The van der Waals surface area contributed by atoms with Crippen molar-refractivity contribution < 1.29 is 15.0 Å². The van der Waals surface area contributed by atoms with E-state index in [4.69, 9.17) is 5.11 Å². The maximum Gasteiger partial charge on any atom is 0.337 e. The molecular weight excluding hydrogens is 268 g/mol. The van der Waals surface area contributed by atoms with Crippen LogP contribution in [0.3, 0.4) is 0 Å². The number of carboxylic acids is 1. The number of rotatable bonds is 7. The summed E-state index contributed by atoms with van der Waals surface area (Å²) in [6, 6.07) is 5.27. The molecule has 0 saturated heterocycles. The molecule has 0 saturated carbocycles. The first-order valence-electron chi connectivity index (χ1n) is 7.40. The average molecular weight is 290 g/mol. The predicted octanol–water partition coefficient (Wildman–Crippen LogP) is 2.71. The molecule has 2 N–H and O–H groups in total. The molecule has 0 radical (unpaired) electrons. The van der Waals surface area contributed by atoms with Crippen molar-refractivity contribution in [1.29, 1.82) is 0 Å². The Kier molecular flexibility index (Phi) is 4.96. The Morgan fingerprint density at radius 2 is 2.19 bits per heavy atom. The molecule has 0 fully saturated rings. The largest absolute Gasteiger partial charge is 0.478 e. The van der Waals surface area contributed by atoms with Gasteiger partial charge in [-0.1, -0.05) is 19.9 Å². The zero-order valence-electron chi connectivity index (χ0n) is 12.5. The molecule has 1 aromatic heterocycles. The van der Waals surface area contributed by atoms with Crippen molar-refractivity contribution in [2.24, 2.45) is 5.92 Å². The number of aliphatic hydroxyl groups is 1. The van der Waals surface area contributed by atoms with Gasteiger partial charge in [-0.2, -0.15) is 0 Å². The van der Waals surface area contributed by atoms with E-state index in [1.807, 2.05) is 6.07 Å². The van der Waals surface area contributed by atoms with Crippen molar-refractivity contribution in [3.63, 3.8) is 0 Å². The van der Waals surface area contributed by atoms with Crippen LogP contribution < -0.4 is 0 Å². The zero-order valence-corrected chi connectivity index (χ0v) is 12.5. The second kappa shape index (κ2) is 6.72. The first-order chi connectivity index (χ1) is 10.1. The van der Waals surface area contributed by atoms with Crippen LogP contribution in [0, 0.1) is 5.92 Å². The molecule has 0 aliphatic heterocycles. The Balaban J connectivity index is 2.52. The molecule has 0 aliphatic rings. The lowest BCUT2D eigenvalue weighted by molar-refractivity contribution is 0.0699. The van der Waals surface area contributed by atoms with Gasteiger partial charge in [0.25, 0.3) is 0 Å². The Morgan fingerprint density at radius 3 is 2.81 bits per heavy atom. The number of imidazole rings is 1. The molecule has 5 nitrogen and oxygen atoms in total. The number of aromatic carboxylic acids is 1. The van der Waals surface area contributed by atoms with Crippen molar-refractivity contribution in [2.75, 3.05) is 6.61 Å². The number of aromatic nitrogens is 2. The topological polar surface area (TPSA) is 75.3 Å². The third kappa shape index (κ3) is 3.24. The molecule has 0 amide bonds. The maximum absolute atomic E-state index is 11.3. The molecule has 2 aromatic rings. The molecule has 0 aliphatic carbocycles. The van der Waals surface area contributed by atoms with Gasteiger partial charge in [-0.3, -0.25) is 0 Å². The van der Waals surface area contributed by atoms with Crippen molar-refractivity contribution in [1.82, 2.24) is 9.55 Å². The molecule has 1 heterocycles. The van der Waals surface area contributed by atoms with Crippen LogP contribution in [-0.4, -0.2) is 32.3 Å². The normalized spacial score (nSPS) is 12.7. The number of nitrogens with zero attached hydrogens (tertiary/aromatic N) is 2. The van der Waals surface area contributed by atoms with E-state index in [2.05, 4.69) is 23.4 Å². The number of carboxylic acid groups (broad SMARTS) is 1. The van der Waals surface area contributed by atoms with E-state index in [9.17, 15) is 9.90 Å². The van der Waals surface area contributed by atoms with Crippen LogP contribution in [0.1, 0.15) is 42.9 Å². The predicted molar refractivity (Wildman–Crippen MR) is 81.6 cm³/mol. The Labute approximate surface area is 124 Å². The zero-order chi connectivity index (χ0) is 15.4. The highest BCUT2D eigenvalue weighted by atomic mass is 16.4. The fraction of sp³-hybridized carbons (Fsp3) is 0.500. The molecule has 0 spiro atoms. The highest BCUT2D eigenvalue weighted by Crippen LogP contribution is 2.23. The van der Waals surface area contributed by atoms with E-state index in [1.54, 1.807) is 12.1 Å². The van der Waals surface area contributed by atoms with Crippen LogP contribution >= 0.6 is 0 Å². The number of hydrogen-bond acceptors (Lipinski definition) is 3. The van der Waals surface area contributed by atoms with Crippen LogP contribution in [0.15, 0.2) is 18.2 Å². The van der Waals surface area contributed by atoms with E-state index in [-0.39, 0.29) is 12.2 Å². The standard InChI is InChI=1S/C16H22N2O3/c1-3-5-14-17-15-12(16(20)21)6-4-7-13(15)18(14)10-11(2)8-9-19/h4,6-7,11,19H,3,5,8-10H2,1-2H3,(H,20,21). The molecule has 0 bridgehead atoms. The fourth-order valence-corrected chi connectivity index (χ4v) is 2.61. The number of aliphatic hydroxyl groups excluding tert-OH is 1. The minimum absolute atomic E-state index is 0.164. The van der Waals surface area contributed by atoms with Crippen molar-refractivity contribution in [2.45, 2.75) is 39.7 Å². The summed E-state index contributed by atoms with van der Waals surface area (Å²) in [6.07, 6.45) is 2.50. The van der Waals surface area contributed by atoms with Gasteiger partial charge in [0.1, 0.15) is 11.3 Å². The van der Waals surface area contributed by atoms with Crippen LogP contribution in [0.4, 0.5) is 0 Å². The Bertz CT molecular complexity index is 634. The van der Waals surface area contributed by atoms with Crippen LogP contribution in [-0.2, 0) is 13.0 Å². The number of carbonyl (C=O) groups is 1. The molecule has 1 atom stereocenters. The van der Waals surface area contributed by atoms with Crippen molar-refractivity contribution >= 4 is 17.0 Å². The van der Waals surface area contributed by atoms with Gasteiger partial charge < -0.3 is 14.8 Å². The van der Waals surface area contributed by atoms with Crippen LogP contribution in [0.25, 0.3) is 11.0 Å². The fourth-order valence-electron chi connectivity index (χ4n) is 2.61. The summed E-state index contributed by atoms with van der Waals surface area (Å²) in [5, 5.41) is 18.4. The number of fused-ring (bicyclic) bond motifs is 1. The van der Waals surface area contributed by atoms with Gasteiger partial charge >= 0.3 is 5.97 Å². The molecular formula is C16H22N2O3. The molecule has 21 heavy (non-hydrogen) atoms. The monoisotopic (exact) mass is 290 g/mol. The first-order valence-corrected chi connectivity index (χ1v) is 7.40. The average Bonchev–Trinajstić information content (AvgIpc) is 2.77. The minimum Gasteiger partial charge on any atom is -0.478 e. The van der Waals surface area contributed by atoms with Gasteiger partial charge in [-0.25, -0.2) is 9.78 Å². The minimum atomic E-state index is -0.947. The highest BCUT2D eigenvalue weighted by Gasteiger charge is 2.17. The molecule has 114 valence electrons. The van der Waals surface area contributed by atoms with E-state index in [1.165, 1.54) is 0 Å². The molecule has 5 heteroatoms. The van der Waals surface area contributed by atoms with Gasteiger partial charge in [0.2, 0.25) is 0 Å². The SMILES string of the molecule is CCCc1nc2c(C(=O)O)cccc2n1CC(C)CCO. The maximum atomic E-state index is 11.3. The molecule has 1 unspecified atom stereocenters. The van der Waals surface area contributed by atoms with E-state index < -0.39 is 5.97 Å². The Hall–Kier alpha value is -1.88. The second-order valence-electron chi connectivity index (χ2n) is 5.48. The number of hydrogen-bond donors (Lipinski definition) is 2. The summed E-state index contributed by atoms with van der Waals surface area (Å²) in [5.74, 6) is 0.291. The van der Waals surface area contributed by atoms with Crippen molar-refractivity contribution in [3.8, 4) is 0 Å². The summed E-state index contributed by atoms with van der Waals surface area (Å²) in [7, 11) is 0. The molecule has 1 aromatic carbocycles. The van der Waals surface area contributed by atoms with Gasteiger partial charge in [0, 0.05) is 19.6 Å². The third-order valence-electron chi connectivity index (χ3n) is 3.68. The summed E-state index contributed by atoms with van der Waals surface area (Å²) in [4.78, 5) is 15.9. The van der Waals surface area contributed by atoms with Gasteiger partial charge in [0.15, 0.2) is 0 Å². The van der Waals surface area contributed by atoms with Crippen LogP contribution in [0.2, 0.25) is 0 Å². The Morgan fingerprint density at radius 1 is 1.43 bits per heavy atom. The number of aryl methyl sites for hydroxylation is 1. The quantitative estimate of drug-likeness (QED) is 0.822. The highest BCUT2D eigenvalue weighted by molar-refractivity contribution is 6.01.